The van der Waals surface area contributed by atoms with Crippen LogP contribution >= 0.6 is 11.3 Å². The molecule has 2 heterocycles. The average Bonchev–Trinajstić information content (AvgIpc) is 3.61. The number of hydrogen-bond donors (Lipinski definition) is 1. The number of benzene rings is 2. The lowest BCUT2D eigenvalue weighted by atomic mass is 9.94. The highest BCUT2D eigenvalue weighted by Gasteiger charge is 2.33. The van der Waals surface area contributed by atoms with Crippen LogP contribution in [0.2, 0.25) is 0 Å². The number of hydrogen-bond acceptors (Lipinski definition) is 6. The van der Waals surface area contributed by atoms with E-state index in [0.29, 0.717) is 17.2 Å². The summed E-state index contributed by atoms with van der Waals surface area (Å²) in [4.78, 5) is 30.4. The summed E-state index contributed by atoms with van der Waals surface area (Å²) in [6.45, 7) is 0.438. The predicted molar refractivity (Wildman–Crippen MR) is 142 cm³/mol. The predicted octanol–water partition coefficient (Wildman–Crippen LogP) is 5.25. The van der Waals surface area contributed by atoms with Gasteiger partial charge in [0.1, 0.15) is 11.8 Å². The smallest absolute Gasteiger partial charge is 0.247 e. The second-order valence-electron chi connectivity index (χ2n) is 9.48. The van der Waals surface area contributed by atoms with Gasteiger partial charge in [0.25, 0.3) is 0 Å². The summed E-state index contributed by atoms with van der Waals surface area (Å²) in [7, 11) is 1.61. The van der Waals surface area contributed by atoms with Gasteiger partial charge in [0.05, 0.1) is 13.5 Å². The Hall–Kier alpha value is -3.52. The largest absolute Gasteiger partial charge is 0.497 e. The van der Waals surface area contributed by atoms with E-state index >= 15 is 0 Å². The number of carbonyl (C=O) groups is 2. The standard InChI is InChI=1S/C29H32N2O5S/c1-34-23-12-10-21(11-13-23)28(29(33)30-22-6-3-2-4-7-22)31(27(32)17-24-8-5-15-37-24)18-20-9-14-25-26(16-20)36-19-35-25/h5,8-16,22,28H,2-4,6-7,17-19H2,1H3,(H,30,33)/t28-/m1/s1. The van der Waals surface area contributed by atoms with Gasteiger partial charge in [-0.3, -0.25) is 9.59 Å². The molecule has 2 aliphatic rings. The number of nitrogens with one attached hydrogen (secondary N) is 1. The van der Waals surface area contributed by atoms with Crippen molar-refractivity contribution >= 4 is 23.2 Å². The maximum atomic E-state index is 13.9. The van der Waals surface area contributed by atoms with Crippen molar-refractivity contribution in [3.8, 4) is 17.2 Å². The van der Waals surface area contributed by atoms with Crippen LogP contribution in [0, 0.1) is 0 Å². The molecule has 2 aromatic carbocycles. The van der Waals surface area contributed by atoms with Crippen molar-refractivity contribution in [1.82, 2.24) is 10.2 Å². The second kappa shape index (κ2) is 11.7. The lowest BCUT2D eigenvalue weighted by Crippen LogP contribution is -2.47. The van der Waals surface area contributed by atoms with Crippen LogP contribution in [0.3, 0.4) is 0 Å². The summed E-state index contributed by atoms with van der Waals surface area (Å²) in [5, 5.41) is 5.22. The summed E-state index contributed by atoms with van der Waals surface area (Å²) < 4.78 is 16.4. The van der Waals surface area contributed by atoms with E-state index in [0.717, 1.165) is 41.7 Å². The molecule has 7 nitrogen and oxygen atoms in total. The molecule has 0 unspecified atom stereocenters. The molecular weight excluding hydrogens is 488 g/mol. The highest BCUT2D eigenvalue weighted by molar-refractivity contribution is 7.10. The zero-order chi connectivity index (χ0) is 25.6. The summed E-state index contributed by atoms with van der Waals surface area (Å²) in [5.74, 6) is 1.76. The van der Waals surface area contributed by atoms with Crippen molar-refractivity contribution in [2.24, 2.45) is 0 Å². The first-order chi connectivity index (χ1) is 18.1. The van der Waals surface area contributed by atoms with Crippen LogP contribution in [0.5, 0.6) is 17.2 Å². The molecule has 1 aliphatic heterocycles. The summed E-state index contributed by atoms with van der Waals surface area (Å²) in [6.07, 6.45) is 5.57. The Morgan fingerprint density at radius 1 is 1.05 bits per heavy atom. The van der Waals surface area contributed by atoms with E-state index < -0.39 is 6.04 Å². The minimum absolute atomic E-state index is 0.111. The first-order valence-electron chi connectivity index (χ1n) is 12.8. The third-order valence-electron chi connectivity index (χ3n) is 6.96. The molecule has 0 saturated heterocycles. The molecule has 0 bridgehead atoms. The molecule has 37 heavy (non-hydrogen) atoms. The maximum absolute atomic E-state index is 13.9. The topological polar surface area (TPSA) is 77.1 Å². The number of ether oxygens (including phenoxy) is 3. The van der Waals surface area contributed by atoms with Crippen LogP contribution in [0.25, 0.3) is 0 Å². The number of thiophene rings is 1. The molecule has 8 heteroatoms. The molecule has 5 rings (SSSR count). The van der Waals surface area contributed by atoms with Crippen molar-refractivity contribution in [3.63, 3.8) is 0 Å². The zero-order valence-corrected chi connectivity index (χ0v) is 21.8. The number of rotatable bonds is 9. The SMILES string of the molecule is COc1ccc([C@H](C(=O)NC2CCCCC2)N(Cc2ccc3c(c2)OCO3)C(=O)Cc2cccs2)cc1. The molecule has 3 aromatic rings. The minimum Gasteiger partial charge on any atom is -0.497 e. The van der Waals surface area contributed by atoms with Gasteiger partial charge in [-0.15, -0.1) is 11.3 Å². The third-order valence-corrected chi connectivity index (χ3v) is 7.84. The van der Waals surface area contributed by atoms with E-state index in [2.05, 4.69) is 5.32 Å². The van der Waals surface area contributed by atoms with Crippen LogP contribution in [0.1, 0.15) is 54.1 Å². The molecule has 0 spiro atoms. The van der Waals surface area contributed by atoms with Gasteiger partial charge < -0.3 is 24.4 Å². The second-order valence-corrected chi connectivity index (χ2v) is 10.5. The Labute approximate surface area is 221 Å². The van der Waals surface area contributed by atoms with Gasteiger partial charge in [-0.2, -0.15) is 0 Å². The van der Waals surface area contributed by atoms with Gasteiger partial charge in [-0.1, -0.05) is 43.5 Å². The lowest BCUT2D eigenvalue weighted by molar-refractivity contribution is -0.141. The van der Waals surface area contributed by atoms with Crippen molar-refractivity contribution in [1.29, 1.82) is 0 Å². The Balaban J connectivity index is 1.49. The number of fused-ring (bicyclic) bond motifs is 1. The normalized spacial score (nSPS) is 15.7. The molecule has 1 atom stereocenters. The monoisotopic (exact) mass is 520 g/mol. The van der Waals surface area contributed by atoms with Crippen molar-refractivity contribution in [2.45, 2.75) is 57.2 Å². The lowest BCUT2D eigenvalue weighted by Gasteiger charge is -2.33. The number of nitrogens with zero attached hydrogens (tertiary/aromatic N) is 1. The van der Waals surface area contributed by atoms with Crippen molar-refractivity contribution in [3.05, 3.63) is 76.0 Å². The Bertz CT molecular complexity index is 1210. The molecule has 2 amide bonds. The Morgan fingerprint density at radius 3 is 2.57 bits per heavy atom. The zero-order valence-electron chi connectivity index (χ0n) is 21.0. The van der Waals surface area contributed by atoms with Gasteiger partial charge in [0, 0.05) is 17.5 Å². The fraction of sp³-hybridized carbons (Fsp3) is 0.379. The van der Waals surface area contributed by atoms with E-state index in [1.165, 1.54) is 17.8 Å². The van der Waals surface area contributed by atoms with Gasteiger partial charge in [-0.25, -0.2) is 0 Å². The fourth-order valence-corrected chi connectivity index (χ4v) is 5.71. The molecule has 194 valence electrons. The van der Waals surface area contributed by atoms with Gasteiger partial charge in [0.2, 0.25) is 18.6 Å². The number of methoxy groups -OCH3 is 1. The van der Waals surface area contributed by atoms with Crippen LogP contribution < -0.4 is 19.5 Å². The third kappa shape index (κ3) is 6.07. The molecule has 1 aliphatic carbocycles. The number of amides is 2. The first-order valence-corrected chi connectivity index (χ1v) is 13.6. The summed E-state index contributed by atoms with van der Waals surface area (Å²) in [5.41, 5.74) is 1.61. The highest BCUT2D eigenvalue weighted by atomic mass is 32.1. The Kier molecular flexibility index (Phi) is 7.94. The molecule has 1 aromatic heterocycles. The van der Waals surface area contributed by atoms with E-state index in [1.807, 2.05) is 60.0 Å². The molecule has 1 fully saturated rings. The maximum Gasteiger partial charge on any atom is 0.247 e. The van der Waals surface area contributed by atoms with E-state index in [9.17, 15) is 9.59 Å². The van der Waals surface area contributed by atoms with Crippen LogP contribution in [0.4, 0.5) is 0 Å². The fourth-order valence-electron chi connectivity index (χ4n) is 5.01. The minimum atomic E-state index is -0.786. The quantitative estimate of drug-likeness (QED) is 0.417. The van der Waals surface area contributed by atoms with Crippen molar-refractivity contribution < 1.29 is 23.8 Å². The highest BCUT2D eigenvalue weighted by Crippen LogP contribution is 2.34. The van der Waals surface area contributed by atoms with Crippen molar-refractivity contribution in [2.75, 3.05) is 13.9 Å². The summed E-state index contributed by atoms with van der Waals surface area (Å²) >= 11 is 1.54. The van der Waals surface area contributed by atoms with Gasteiger partial charge in [-0.05, 0) is 59.7 Å². The molecule has 0 radical (unpaired) electrons. The average molecular weight is 521 g/mol. The van der Waals surface area contributed by atoms with E-state index in [4.69, 9.17) is 14.2 Å². The molecule has 1 N–H and O–H groups in total. The van der Waals surface area contributed by atoms with E-state index in [1.54, 1.807) is 12.0 Å². The number of carbonyl (C=O) groups excluding carboxylic acids is 2. The van der Waals surface area contributed by atoms with Gasteiger partial charge in [0.15, 0.2) is 11.5 Å². The van der Waals surface area contributed by atoms with Gasteiger partial charge >= 0.3 is 0 Å². The van der Waals surface area contributed by atoms with Crippen LogP contribution in [0.15, 0.2) is 60.0 Å². The van der Waals surface area contributed by atoms with Crippen LogP contribution in [-0.4, -0.2) is 36.7 Å². The summed E-state index contributed by atoms with van der Waals surface area (Å²) in [6, 6.07) is 16.3. The molecular formula is C29H32N2O5S. The Morgan fingerprint density at radius 2 is 1.84 bits per heavy atom. The van der Waals surface area contributed by atoms with E-state index in [-0.39, 0.29) is 37.6 Å². The van der Waals surface area contributed by atoms with Crippen LogP contribution in [-0.2, 0) is 22.6 Å². The molecule has 1 saturated carbocycles. The first kappa shape index (κ1) is 25.1.